The molecule has 0 spiro atoms. The highest BCUT2D eigenvalue weighted by Gasteiger charge is 2.27. The number of nitrogens with zero attached hydrogens (tertiary/aromatic N) is 2. The van der Waals surface area contributed by atoms with Crippen LogP contribution >= 0.6 is 0 Å². The van der Waals surface area contributed by atoms with Gasteiger partial charge in [0.05, 0.1) is 5.69 Å². The Morgan fingerprint density at radius 3 is 3.10 bits per heavy atom. The fourth-order valence-corrected chi connectivity index (χ4v) is 2.79. The number of hydrogen-bond acceptors (Lipinski definition) is 5. The Morgan fingerprint density at radius 1 is 1.50 bits per heavy atom. The van der Waals surface area contributed by atoms with Gasteiger partial charge < -0.3 is 5.32 Å². The van der Waals surface area contributed by atoms with Crippen LogP contribution in [-0.2, 0) is 24.7 Å². The Balaban J connectivity index is 1.67. The lowest BCUT2D eigenvalue weighted by molar-refractivity contribution is -0.123. The molecule has 0 saturated carbocycles. The highest BCUT2D eigenvalue weighted by molar-refractivity contribution is 5.82. The summed E-state index contributed by atoms with van der Waals surface area (Å²) >= 11 is 0. The van der Waals surface area contributed by atoms with Gasteiger partial charge in [-0.05, 0) is 31.2 Å². The van der Waals surface area contributed by atoms with Crippen LogP contribution in [0.3, 0.4) is 0 Å². The zero-order chi connectivity index (χ0) is 14.1. The summed E-state index contributed by atoms with van der Waals surface area (Å²) in [5.41, 5.74) is 7.74. The molecule has 2 unspecified atom stereocenters. The standard InChI is InChI=1S/C13H19N5O2/c1-18-12(19)7-8-6-9(2-3-10(8)17-18)15-13(20)11-4-5-14-16-11/h7,9,11,14,16H,2-6H2,1H3,(H,15,20). The second-order valence-corrected chi connectivity index (χ2v) is 5.44. The van der Waals surface area contributed by atoms with E-state index in [-0.39, 0.29) is 23.6 Å². The van der Waals surface area contributed by atoms with Crippen LogP contribution in [0, 0.1) is 0 Å². The van der Waals surface area contributed by atoms with Crippen LogP contribution < -0.4 is 21.7 Å². The summed E-state index contributed by atoms with van der Waals surface area (Å²) < 4.78 is 1.37. The van der Waals surface area contributed by atoms with Gasteiger partial charge in [0.2, 0.25) is 5.91 Å². The maximum atomic E-state index is 12.1. The van der Waals surface area contributed by atoms with Gasteiger partial charge in [-0.3, -0.25) is 15.0 Å². The van der Waals surface area contributed by atoms with Crippen LogP contribution in [0.1, 0.15) is 24.1 Å². The van der Waals surface area contributed by atoms with Gasteiger partial charge in [0, 0.05) is 25.7 Å². The number of carbonyl (C=O) groups excluding carboxylic acids is 1. The van der Waals surface area contributed by atoms with Gasteiger partial charge in [-0.25, -0.2) is 10.1 Å². The van der Waals surface area contributed by atoms with Crippen LogP contribution in [0.25, 0.3) is 0 Å². The molecule has 1 saturated heterocycles. The average molecular weight is 277 g/mol. The Hall–Kier alpha value is -1.73. The number of carbonyl (C=O) groups is 1. The Bertz CT molecular complexity index is 577. The van der Waals surface area contributed by atoms with Gasteiger partial charge >= 0.3 is 0 Å². The van der Waals surface area contributed by atoms with Gasteiger partial charge in [0.1, 0.15) is 6.04 Å². The molecule has 3 rings (SSSR count). The molecule has 3 N–H and O–H groups in total. The van der Waals surface area contributed by atoms with E-state index in [9.17, 15) is 9.59 Å². The van der Waals surface area contributed by atoms with E-state index in [0.717, 1.165) is 37.1 Å². The molecule has 1 fully saturated rings. The van der Waals surface area contributed by atoms with Crippen LogP contribution in [0.5, 0.6) is 0 Å². The molecule has 0 bridgehead atoms. The van der Waals surface area contributed by atoms with E-state index >= 15 is 0 Å². The third-order valence-electron chi connectivity index (χ3n) is 3.95. The zero-order valence-electron chi connectivity index (χ0n) is 11.5. The summed E-state index contributed by atoms with van der Waals surface area (Å²) in [4.78, 5) is 23.7. The van der Waals surface area contributed by atoms with E-state index in [2.05, 4.69) is 21.3 Å². The second kappa shape index (κ2) is 5.34. The van der Waals surface area contributed by atoms with Gasteiger partial charge in [-0.2, -0.15) is 5.10 Å². The summed E-state index contributed by atoms with van der Waals surface area (Å²) in [6.07, 6.45) is 3.15. The number of fused-ring (bicyclic) bond motifs is 1. The highest BCUT2D eigenvalue weighted by Crippen LogP contribution is 2.18. The fourth-order valence-electron chi connectivity index (χ4n) is 2.79. The normalized spacial score (nSPS) is 25.2. The average Bonchev–Trinajstić information content (AvgIpc) is 2.94. The molecule has 1 aromatic heterocycles. The second-order valence-electron chi connectivity index (χ2n) is 5.44. The van der Waals surface area contributed by atoms with Gasteiger partial charge in [-0.1, -0.05) is 0 Å². The Kier molecular flexibility index (Phi) is 3.54. The summed E-state index contributed by atoms with van der Waals surface area (Å²) in [6.45, 7) is 0.811. The van der Waals surface area contributed by atoms with Crippen molar-refractivity contribution in [2.45, 2.75) is 37.8 Å². The summed E-state index contributed by atoms with van der Waals surface area (Å²) in [5.74, 6) is 0.0280. The van der Waals surface area contributed by atoms with Crippen molar-refractivity contribution in [3.05, 3.63) is 27.7 Å². The molecule has 0 aromatic carbocycles. The number of rotatable bonds is 2. The molecule has 1 aliphatic heterocycles. The molecule has 1 aromatic rings. The minimum atomic E-state index is -0.154. The summed E-state index contributed by atoms with van der Waals surface area (Å²) in [7, 11) is 1.66. The molecule has 7 heteroatoms. The van der Waals surface area contributed by atoms with Crippen molar-refractivity contribution in [2.75, 3.05) is 6.54 Å². The molecular weight excluding hydrogens is 258 g/mol. The monoisotopic (exact) mass is 277 g/mol. The number of amides is 1. The number of nitrogens with one attached hydrogen (secondary N) is 3. The molecule has 108 valence electrons. The third-order valence-corrected chi connectivity index (χ3v) is 3.95. The number of aryl methyl sites for hydroxylation is 2. The van der Waals surface area contributed by atoms with E-state index in [4.69, 9.17) is 0 Å². The molecular formula is C13H19N5O2. The van der Waals surface area contributed by atoms with E-state index in [1.807, 2.05) is 0 Å². The first kappa shape index (κ1) is 13.3. The van der Waals surface area contributed by atoms with Crippen LogP contribution in [0.15, 0.2) is 10.9 Å². The summed E-state index contributed by atoms with van der Waals surface area (Å²) in [6, 6.07) is 1.57. The van der Waals surface area contributed by atoms with E-state index in [1.165, 1.54) is 4.68 Å². The molecule has 2 atom stereocenters. The van der Waals surface area contributed by atoms with Gasteiger partial charge in [0.15, 0.2) is 0 Å². The van der Waals surface area contributed by atoms with Crippen LogP contribution in [-0.4, -0.2) is 34.3 Å². The van der Waals surface area contributed by atoms with Crippen molar-refractivity contribution in [3.8, 4) is 0 Å². The minimum Gasteiger partial charge on any atom is -0.352 e. The highest BCUT2D eigenvalue weighted by atomic mass is 16.2. The van der Waals surface area contributed by atoms with Crippen molar-refractivity contribution in [2.24, 2.45) is 7.05 Å². The Morgan fingerprint density at radius 2 is 2.35 bits per heavy atom. The number of hydrazine groups is 1. The molecule has 7 nitrogen and oxygen atoms in total. The van der Waals surface area contributed by atoms with Crippen molar-refractivity contribution in [1.29, 1.82) is 0 Å². The number of hydrogen-bond donors (Lipinski definition) is 3. The largest absolute Gasteiger partial charge is 0.352 e. The minimum absolute atomic E-state index is 0.0280. The topological polar surface area (TPSA) is 88.0 Å². The van der Waals surface area contributed by atoms with Crippen molar-refractivity contribution < 1.29 is 4.79 Å². The third kappa shape index (κ3) is 2.59. The molecule has 0 radical (unpaired) electrons. The predicted molar refractivity (Wildman–Crippen MR) is 73.0 cm³/mol. The smallest absolute Gasteiger partial charge is 0.266 e. The van der Waals surface area contributed by atoms with Crippen LogP contribution in [0.2, 0.25) is 0 Å². The summed E-state index contributed by atoms with van der Waals surface area (Å²) in [5, 5.41) is 7.33. The van der Waals surface area contributed by atoms with Crippen molar-refractivity contribution in [1.82, 2.24) is 25.9 Å². The van der Waals surface area contributed by atoms with E-state index in [0.29, 0.717) is 6.42 Å². The van der Waals surface area contributed by atoms with E-state index < -0.39 is 0 Å². The first-order valence-corrected chi connectivity index (χ1v) is 6.98. The van der Waals surface area contributed by atoms with Crippen molar-refractivity contribution >= 4 is 5.91 Å². The number of aromatic nitrogens is 2. The van der Waals surface area contributed by atoms with Gasteiger partial charge in [0.25, 0.3) is 5.56 Å². The Labute approximate surface area is 116 Å². The van der Waals surface area contributed by atoms with E-state index in [1.54, 1.807) is 13.1 Å². The lowest BCUT2D eigenvalue weighted by atomic mass is 9.92. The predicted octanol–water partition coefficient (Wildman–Crippen LogP) is -1.38. The van der Waals surface area contributed by atoms with Gasteiger partial charge in [-0.15, -0.1) is 0 Å². The first-order valence-electron chi connectivity index (χ1n) is 6.98. The quantitative estimate of drug-likeness (QED) is 0.620. The molecule has 20 heavy (non-hydrogen) atoms. The van der Waals surface area contributed by atoms with Crippen molar-refractivity contribution in [3.63, 3.8) is 0 Å². The molecule has 1 amide bonds. The fraction of sp³-hybridized carbons (Fsp3) is 0.615. The molecule has 1 aliphatic carbocycles. The lowest BCUT2D eigenvalue weighted by Gasteiger charge is -2.25. The maximum absolute atomic E-state index is 12.1. The maximum Gasteiger partial charge on any atom is 0.266 e. The first-order chi connectivity index (χ1) is 9.63. The molecule has 2 aliphatic rings. The SMILES string of the molecule is Cn1nc2c(cc1=O)CC(NC(=O)C1CCNN1)CC2. The molecule has 2 heterocycles. The lowest BCUT2D eigenvalue weighted by Crippen LogP contribution is -2.48. The zero-order valence-corrected chi connectivity index (χ0v) is 11.5. The van der Waals surface area contributed by atoms with Crippen LogP contribution in [0.4, 0.5) is 0 Å².